The second-order valence-electron chi connectivity index (χ2n) is 8.41. The molecule has 5 aromatic rings. The van der Waals surface area contributed by atoms with Crippen LogP contribution in [0.4, 0.5) is 10.1 Å². The smallest absolute Gasteiger partial charge is 0.256 e. The van der Waals surface area contributed by atoms with E-state index in [1.54, 1.807) is 35.1 Å². The van der Waals surface area contributed by atoms with Crippen molar-refractivity contribution >= 4 is 22.5 Å². The Balaban J connectivity index is 1.50. The summed E-state index contributed by atoms with van der Waals surface area (Å²) in [7, 11) is 0. The molecule has 0 radical (unpaired) electrons. The molecular formula is C27H25FN6O. The van der Waals surface area contributed by atoms with Crippen molar-refractivity contribution in [1.29, 1.82) is 0 Å². The average molecular weight is 469 g/mol. The highest BCUT2D eigenvalue weighted by Crippen LogP contribution is 2.27. The number of hydrogen-bond acceptors (Lipinski definition) is 4. The van der Waals surface area contributed by atoms with E-state index in [0.717, 1.165) is 28.7 Å². The molecule has 0 unspecified atom stereocenters. The summed E-state index contributed by atoms with van der Waals surface area (Å²) in [4.78, 5) is 18.3. The predicted octanol–water partition coefficient (Wildman–Crippen LogP) is 5.37. The minimum absolute atomic E-state index is 0.260. The molecule has 3 aromatic heterocycles. The highest BCUT2D eigenvalue weighted by molar-refractivity contribution is 6.13. The molecule has 0 bridgehead atoms. The largest absolute Gasteiger partial charge is 0.319 e. The monoisotopic (exact) mass is 468 g/mol. The van der Waals surface area contributed by atoms with Gasteiger partial charge in [0.2, 0.25) is 0 Å². The number of aryl methyl sites for hydroxylation is 2. The third-order valence-corrected chi connectivity index (χ3v) is 6.11. The summed E-state index contributed by atoms with van der Waals surface area (Å²) in [5.41, 5.74) is 5.32. The van der Waals surface area contributed by atoms with Crippen LogP contribution in [0.1, 0.15) is 34.2 Å². The van der Waals surface area contributed by atoms with Gasteiger partial charge in [-0.15, -0.1) is 0 Å². The predicted molar refractivity (Wildman–Crippen MR) is 134 cm³/mol. The fourth-order valence-electron chi connectivity index (χ4n) is 4.18. The summed E-state index contributed by atoms with van der Waals surface area (Å²) in [5, 5.41) is 12.7. The minimum Gasteiger partial charge on any atom is -0.319 e. The SMILES string of the molecule is CCn1cc(-c2cc(C(=O)Nc3c(C)nn(Cc4ccccc4F)c3C)c3ccccc3n2)cn1. The number of hydrogen-bond donors (Lipinski definition) is 1. The lowest BCUT2D eigenvalue weighted by atomic mass is 10.0. The fourth-order valence-corrected chi connectivity index (χ4v) is 4.18. The summed E-state index contributed by atoms with van der Waals surface area (Å²) in [6.45, 7) is 6.73. The summed E-state index contributed by atoms with van der Waals surface area (Å²) < 4.78 is 17.7. The first-order chi connectivity index (χ1) is 16.9. The maximum Gasteiger partial charge on any atom is 0.256 e. The molecule has 35 heavy (non-hydrogen) atoms. The number of nitrogens with zero attached hydrogens (tertiary/aromatic N) is 5. The molecule has 0 saturated heterocycles. The molecule has 7 nitrogen and oxygen atoms in total. The zero-order valence-corrected chi connectivity index (χ0v) is 19.8. The number of pyridine rings is 1. The third-order valence-electron chi connectivity index (χ3n) is 6.11. The number of halogens is 1. The van der Waals surface area contributed by atoms with Crippen molar-refractivity contribution in [3.05, 3.63) is 95.3 Å². The van der Waals surface area contributed by atoms with Crippen molar-refractivity contribution in [3.8, 4) is 11.3 Å². The molecule has 0 atom stereocenters. The molecule has 0 aliphatic heterocycles. The first kappa shape index (κ1) is 22.5. The van der Waals surface area contributed by atoms with Gasteiger partial charge < -0.3 is 5.32 Å². The number of benzene rings is 2. The molecule has 0 spiro atoms. The summed E-state index contributed by atoms with van der Waals surface area (Å²) in [5.74, 6) is -0.544. The van der Waals surface area contributed by atoms with E-state index in [2.05, 4.69) is 15.5 Å². The Kier molecular flexibility index (Phi) is 5.86. The Labute approximate surface area is 202 Å². The van der Waals surface area contributed by atoms with Gasteiger partial charge in [-0.05, 0) is 39.0 Å². The summed E-state index contributed by atoms with van der Waals surface area (Å²) >= 11 is 0. The van der Waals surface area contributed by atoms with Crippen LogP contribution in [0.3, 0.4) is 0 Å². The normalized spacial score (nSPS) is 11.2. The quantitative estimate of drug-likeness (QED) is 0.363. The molecule has 0 aliphatic rings. The number of aromatic nitrogens is 5. The molecule has 0 fully saturated rings. The number of carbonyl (C=O) groups excluding carboxylic acids is 1. The van der Waals surface area contributed by atoms with Crippen molar-refractivity contribution in [2.24, 2.45) is 0 Å². The lowest BCUT2D eigenvalue weighted by Crippen LogP contribution is -2.14. The van der Waals surface area contributed by atoms with Crippen molar-refractivity contribution < 1.29 is 9.18 Å². The molecule has 1 N–H and O–H groups in total. The van der Waals surface area contributed by atoms with E-state index in [9.17, 15) is 9.18 Å². The van der Waals surface area contributed by atoms with E-state index < -0.39 is 0 Å². The van der Waals surface area contributed by atoms with E-state index in [1.807, 2.05) is 55.9 Å². The fraction of sp³-hybridized carbons (Fsp3) is 0.185. The van der Waals surface area contributed by atoms with Crippen LogP contribution in [0.25, 0.3) is 22.2 Å². The average Bonchev–Trinajstić information content (AvgIpc) is 3.45. The first-order valence-electron chi connectivity index (χ1n) is 11.5. The summed E-state index contributed by atoms with van der Waals surface area (Å²) in [6.07, 6.45) is 3.67. The van der Waals surface area contributed by atoms with Gasteiger partial charge in [0, 0.05) is 29.3 Å². The van der Waals surface area contributed by atoms with Gasteiger partial charge in [-0.1, -0.05) is 36.4 Å². The van der Waals surface area contributed by atoms with Gasteiger partial charge in [-0.3, -0.25) is 14.2 Å². The standard InChI is InChI=1S/C27H25FN6O/c1-4-33-15-20(14-29-33)25-13-22(21-10-6-8-12-24(21)30-25)27(35)31-26-17(2)32-34(18(26)3)16-19-9-5-7-11-23(19)28/h5-15H,4,16H2,1-3H3,(H,31,35). The maximum absolute atomic E-state index is 14.2. The van der Waals surface area contributed by atoms with E-state index in [0.29, 0.717) is 28.2 Å². The van der Waals surface area contributed by atoms with Gasteiger partial charge in [-0.25, -0.2) is 9.37 Å². The Hall–Kier alpha value is -4.33. The Morgan fingerprint density at radius 2 is 1.86 bits per heavy atom. The number of nitrogens with one attached hydrogen (secondary N) is 1. The van der Waals surface area contributed by atoms with Gasteiger partial charge in [0.25, 0.3) is 5.91 Å². The summed E-state index contributed by atoms with van der Waals surface area (Å²) in [6, 6.07) is 16.0. The molecule has 0 saturated carbocycles. The first-order valence-corrected chi connectivity index (χ1v) is 11.5. The van der Waals surface area contributed by atoms with E-state index >= 15 is 0 Å². The Morgan fingerprint density at radius 3 is 2.63 bits per heavy atom. The Bertz CT molecular complexity index is 1550. The molecule has 0 aliphatic carbocycles. The molecule has 8 heteroatoms. The maximum atomic E-state index is 14.2. The van der Waals surface area contributed by atoms with E-state index in [1.165, 1.54) is 6.07 Å². The van der Waals surface area contributed by atoms with Gasteiger partial charge in [0.15, 0.2) is 0 Å². The van der Waals surface area contributed by atoms with Crippen molar-refractivity contribution in [2.75, 3.05) is 5.32 Å². The third kappa shape index (κ3) is 4.30. The second kappa shape index (κ2) is 9.13. The number of fused-ring (bicyclic) bond motifs is 1. The zero-order chi connectivity index (χ0) is 24.5. The second-order valence-corrected chi connectivity index (χ2v) is 8.41. The Morgan fingerprint density at radius 1 is 1.09 bits per heavy atom. The van der Waals surface area contributed by atoms with Gasteiger partial charge in [0.05, 0.1) is 46.6 Å². The van der Waals surface area contributed by atoms with Gasteiger partial charge in [0.1, 0.15) is 5.82 Å². The van der Waals surface area contributed by atoms with Crippen LogP contribution in [-0.2, 0) is 13.1 Å². The van der Waals surface area contributed by atoms with Crippen LogP contribution in [0.15, 0.2) is 67.0 Å². The van der Waals surface area contributed by atoms with Gasteiger partial charge >= 0.3 is 0 Å². The molecule has 3 heterocycles. The zero-order valence-electron chi connectivity index (χ0n) is 19.8. The lowest BCUT2D eigenvalue weighted by Gasteiger charge is -2.11. The highest BCUT2D eigenvalue weighted by Gasteiger charge is 2.19. The number of anilines is 1. The van der Waals surface area contributed by atoms with Crippen molar-refractivity contribution in [1.82, 2.24) is 24.5 Å². The van der Waals surface area contributed by atoms with Crippen molar-refractivity contribution in [2.45, 2.75) is 33.9 Å². The van der Waals surface area contributed by atoms with Crippen LogP contribution in [-0.4, -0.2) is 30.5 Å². The lowest BCUT2D eigenvalue weighted by molar-refractivity contribution is 0.102. The molecular weight excluding hydrogens is 443 g/mol. The number of para-hydroxylation sites is 1. The highest BCUT2D eigenvalue weighted by atomic mass is 19.1. The van der Waals surface area contributed by atoms with Crippen molar-refractivity contribution in [3.63, 3.8) is 0 Å². The topological polar surface area (TPSA) is 77.6 Å². The van der Waals surface area contributed by atoms with Crippen LogP contribution < -0.4 is 5.32 Å². The molecule has 1 amide bonds. The van der Waals surface area contributed by atoms with E-state index in [4.69, 9.17) is 4.98 Å². The minimum atomic E-state index is -0.284. The number of rotatable bonds is 6. The van der Waals surface area contributed by atoms with Crippen LogP contribution in [0.2, 0.25) is 0 Å². The molecule has 5 rings (SSSR count). The molecule has 176 valence electrons. The van der Waals surface area contributed by atoms with E-state index in [-0.39, 0.29) is 18.3 Å². The van der Waals surface area contributed by atoms with Gasteiger partial charge in [-0.2, -0.15) is 10.2 Å². The number of amides is 1. The number of carbonyl (C=O) groups is 1. The molecule has 2 aromatic carbocycles. The van der Waals surface area contributed by atoms with Crippen LogP contribution >= 0.6 is 0 Å². The van der Waals surface area contributed by atoms with Crippen LogP contribution in [0, 0.1) is 19.7 Å². The van der Waals surface area contributed by atoms with Crippen LogP contribution in [0.5, 0.6) is 0 Å².